The third-order valence-corrected chi connectivity index (χ3v) is 4.11. The van der Waals surface area contributed by atoms with E-state index < -0.39 is 6.10 Å². The number of rotatable bonds is 5. The van der Waals surface area contributed by atoms with Crippen LogP contribution in [0, 0.1) is 0 Å². The zero-order valence-electron chi connectivity index (χ0n) is 11.8. The number of amides is 1. The van der Waals surface area contributed by atoms with Crippen molar-refractivity contribution in [2.24, 2.45) is 0 Å². The summed E-state index contributed by atoms with van der Waals surface area (Å²) in [5.74, 6) is 0.775. The first kappa shape index (κ1) is 15.1. The molecule has 0 radical (unpaired) electrons. The molecule has 1 amide bonds. The molecule has 0 fully saturated rings. The van der Waals surface area contributed by atoms with Gasteiger partial charge in [-0.2, -0.15) is 5.10 Å². The lowest BCUT2D eigenvalue weighted by molar-refractivity contribution is 0.0929. The number of aliphatic hydroxyl groups is 1. The number of carbonyl (C=O) groups excluding carboxylic acids is 1. The van der Waals surface area contributed by atoms with Crippen LogP contribution in [-0.4, -0.2) is 33.9 Å². The smallest absolute Gasteiger partial charge is 0.273 e. The lowest BCUT2D eigenvalue weighted by atomic mass is 10.2. The fourth-order valence-corrected chi connectivity index (χ4v) is 2.85. The van der Waals surface area contributed by atoms with Crippen molar-refractivity contribution in [3.05, 3.63) is 34.3 Å². The number of halogens is 1. The number of hydrogen-bond donors (Lipinski definition) is 2. The van der Waals surface area contributed by atoms with Gasteiger partial charge in [0.25, 0.3) is 5.91 Å². The molecule has 1 aliphatic rings. The highest BCUT2D eigenvalue weighted by atomic mass is 79.9. The minimum atomic E-state index is -0.739. The second-order valence-electron chi connectivity index (χ2n) is 4.97. The molecule has 0 aliphatic carbocycles. The van der Waals surface area contributed by atoms with Crippen LogP contribution >= 0.6 is 15.9 Å². The predicted molar refractivity (Wildman–Crippen MR) is 80.7 cm³/mol. The Bertz CT molecular complexity index is 653. The molecule has 0 aromatic carbocycles. The summed E-state index contributed by atoms with van der Waals surface area (Å²) in [5.41, 5.74) is 0.296. The molecule has 2 aromatic heterocycles. The van der Waals surface area contributed by atoms with E-state index in [2.05, 4.69) is 26.3 Å². The Kier molecular flexibility index (Phi) is 4.49. The van der Waals surface area contributed by atoms with Crippen LogP contribution in [0.25, 0.3) is 0 Å². The number of aromatic nitrogens is 2. The summed E-state index contributed by atoms with van der Waals surface area (Å²) >= 11 is 3.36. The Hall–Kier alpha value is -1.80. The average Bonchev–Trinajstić information content (AvgIpc) is 3.16. The molecule has 2 aromatic rings. The first-order chi connectivity index (χ1) is 10.7. The Balaban J connectivity index is 1.57. The van der Waals surface area contributed by atoms with Gasteiger partial charge in [0.2, 0.25) is 5.88 Å². The number of aliphatic hydroxyl groups excluding tert-OH is 1. The van der Waals surface area contributed by atoms with Crippen molar-refractivity contribution in [2.75, 3.05) is 13.2 Å². The summed E-state index contributed by atoms with van der Waals surface area (Å²) in [6.45, 7) is 1.68. The molecule has 0 spiro atoms. The van der Waals surface area contributed by atoms with E-state index in [0.717, 1.165) is 13.0 Å². The van der Waals surface area contributed by atoms with Crippen LogP contribution in [0.5, 0.6) is 5.88 Å². The molecule has 0 bridgehead atoms. The second-order valence-corrected chi connectivity index (χ2v) is 5.76. The Morgan fingerprint density at radius 3 is 3.18 bits per heavy atom. The van der Waals surface area contributed by atoms with Gasteiger partial charge in [0, 0.05) is 19.5 Å². The molecule has 1 aliphatic heterocycles. The van der Waals surface area contributed by atoms with Crippen LogP contribution in [0.4, 0.5) is 0 Å². The SMILES string of the molecule is O=C(NCCC(O)c1ccco1)c1nn2c(c1Br)OCCC2. The van der Waals surface area contributed by atoms with Crippen molar-refractivity contribution >= 4 is 21.8 Å². The monoisotopic (exact) mass is 369 g/mol. The third kappa shape index (κ3) is 3.02. The van der Waals surface area contributed by atoms with Crippen LogP contribution in [0.15, 0.2) is 27.3 Å². The predicted octanol–water partition coefficient (Wildman–Crippen LogP) is 1.87. The highest BCUT2D eigenvalue weighted by Crippen LogP contribution is 2.31. The van der Waals surface area contributed by atoms with Crippen molar-refractivity contribution in [3.8, 4) is 5.88 Å². The topological polar surface area (TPSA) is 89.5 Å². The highest BCUT2D eigenvalue weighted by molar-refractivity contribution is 9.10. The number of hydrogen-bond acceptors (Lipinski definition) is 5. The van der Waals surface area contributed by atoms with E-state index >= 15 is 0 Å². The summed E-state index contributed by atoms with van der Waals surface area (Å²) in [4.78, 5) is 12.2. The number of carbonyl (C=O) groups is 1. The van der Waals surface area contributed by atoms with Crippen molar-refractivity contribution in [3.63, 3.8) is 0 Å². The van der Waals surface area contributed by atoms with Gasteiger partial charge in [-0.3, -0.25) is 4.79 Å². The molecular weight excluding hydrogens is 354 g/mol. The number of aryl methyl sites for hydroxylation is 1. The van der Waals surface area contributed by atoms with Crippen molar-refractivity contribution in [2.45, 2.75) is 25.5 Å². The molecule has 1 atom stereocenters. The van der Waals surface area contributed by atoms with Crippen LogP contribution in [0.2, 0.25) is 0 Å². The zero-order chi connectivity index (χ0) is 15.5. The largest absolute Gasteiger partial charge is 0.477 e. The lowest BCUT2D eigenvalue weighted by Crippen LogP contribution is -2.26. The minimum absolute atomic E-state index is 0.296. The maximum absolute atomic E-state index is 12.2. The van der Waals surface area contributed by atoms with Gasteiger partial charge in [0.1, 0.15) is 16.3 Å². The van der Waals surface area contributed by atoms with Crippen LogP contribution in [0.3, 0.4) is 0 Å². The molecule has 8 heteroatoms. The van der Waals surface area contributed by atoms with Crippen LogP contribution < -0.4 is 10.1 Å². The molecule has 1 unspecified atom stereocenters. The van der Waals surface area contributed by atoms with Gasteiger partial charge in [0.15, 0.2) is 5.69 Å². The summed E-state index contributed by atoms with van der Waals surface area (Å²) < 4.78 is 12.9. The van der Waals surface area contributed by atoms with E-state index in [1.165, 1.54) is 6.26 Å². The van der Waals surface area contributed by atoms with Gasteiger partial charge in [-0.15, -0.1) is 0 Å². The van der Waals surface area contributed by atoms with Crippen molar-refractivity contribution < 1.29 is 19.1 Å². The number of nitrogens with one attached hydrogen (secondary N) is 1. The first-order valence-electron chi connectivity index (χ1n) is 7.05. The first-order valence-corrected chi connectivity index (χ1v) is 7.85. The molecule has 2 N–H and O–H groups in total. The number of fused-ring (bicyclic) bond motifs is 1. The summed E-state index contributed by atoms with van der Waals surface area (Å²) in [5, 5.41) is 16.9. The molecule has 3 heterocycles. The molecule has 0 saturated heterocycles. The Morgan fingerprint density at radius 2 is 2.45 bits per heavy atom. The van der Waals surface area contributed by atoms with Gasteiger partial charge in [-0.25, -0.2) is 4.68 Å². The molecular formula is C14H16BrN3O4. The van der Waals surface area contributed by atoms with E-state index in [1.54, 1.807) is 16.8 Å². The van der Waals surface area contributed by atoms with Gasteiger partial charge in [0.05, 0.1) is 12.9 Å². The lowest BCUT2D eigenvalue weighted by Gasteiger charge is -2.14. The Morgan fingerprint density at radius 1 is 1.59 bits per heavy atom. The van der Waals surface area contributed by atoms with Gasteiger partial charge < -0.3 is 19.6 Å². The molecule has 118 valence electrons. The molecule has 7 nitrogen and oxygen atoms in total. The van der Waals surface area contributed by atoms with Crippen molar-refractivity contribution in [1.82, 2.24) is 15.1 Å². The fourth-order valence-electron chi connectivity index (χ4n) is 2.27. The fraction of sp³-hybridized carbons (Fsp3) is 0.429. The summed E-state index contributed by atoms with van der Waals surface area (Å²) in [7, 11) is 0. The summed E-state index contributed by atoms with van der Waals surface area (Å²) in [6, 6.07) is 3.41. The van der Waals surface area contributed by atoms with E-state index in [0.29, 0.717) is 41.4 Å². The quantitative estimate of drug-likeness (QED) is 0.839. The van der Waals surface area contributed by atoms with E-state index in [1.807, 2.05) is 0 Å². The molecule has 22 heavy (non-hydrogen) atoms. The van der Waals surface area contributed by atoms with Crippen LogP contribution in [0.1, 0.15) is 35.2 Å². The Labute approximate surface area is 135 Å². The minimum Gasteiger partial charge on any atom is -0.477 e. The molecule has 0 saturated carbocycles. The molecule has 3 rings (SSSR count). The third-order valence-electron chi connectivity index (χ3n) is 3.39. The maximum Gasteiger partial charge on any atom is 0.273 e. The van der Waals surface area contributed by atoms with E-state index in [4.69, 9.17) is 9.15 Å². The highest BCUT2D eigenvalue weighted by Gasteiger charge is 2.24. The van der Waals surface area contributed by atoms with Gasteiger partial charge >= 0.3 is 0 Å². The second kappa shape index (κ2) is 6.53. The van der Waals surface area contributed by atoms with E-state index in [9.17, 15) is 9.90 Å². The number of furan rings is 1. The normalized spacial score (nSPS) is 15.0. The standard InChI is InChI=1S/C14H16BrN3O4/c15-11-12(17-18-6-2-8-22-14(11)18)13(20)16-5-4-9(19)10-3-1-7-21-10/h1,3,7,9,19H,2,4-6,8H2,(H,16,20). The summed E-state index contributed by atoms with van der Waals surface area (Å²) in [6.07, 6.45) is 2.00. The van der Waals surface area contributed by atoms with Crippen molar-refractivity contribution in [1.29, 1.82) is 0 Å². The van der Waals surface area contributed by atoms with E-state index in [-0.39, 0.29) is 5.91 Å². The zero-order valence-corrected chi connectivity index (χ0v) is 13.4. The maximum atomic E-state index is 12.2. The number of nitrogens with zero attached hydrogens (tertiary/aromatic N) is 2. The van der Waals surface area contributed by atoms with Gasteiger partial charge in [-0.1, -0.05) is 0 Å². The van der Waals surface area contributed by atoms with Gasteiger partial charge in [-0.05, 0) is 34.5 Å². The number of ether oxygens (including phenoxy) is 1. The average molecular weight is 370 g/mol. The van der Waals surface area contributed by atoms with Crippen LogP contribution in [-0.2, 0) is 6.54 Å².